The third-order valence-corrected chi connectivity index (χ3v) is 7.19. The summed E-state index contributed by atoms with van der Waals surface area (Å²) in [6, 6.07) is 20.1. The number of carbonyl (C=O) groups is 2. The molecule has 0 aliphatic carbocycles. The van der Waals surface area contributed by atoms with E-state index in [1.54, 1.807) is 66.7 Å². The minimum absolute atomic E-state index is 0.0958. The zero-order valence-electron chi connectivity index (χ0n) is 17.1. The summed E-state index contributed by atoms with van der Waals surface area (Å²) in [5, 5.41) is 13.3. The van der Waals surface area contributed by atoms with Gasteiger partial charge in [-0.3, -0.25) is 25.1 Å². The molecule has 0 aromatic heterocycles. The summed E-state index contributed by atoms with van der Waals surface area (Å²) >= 11 is 13.4. The van der Waals surface area contributed by atoms with E-state index in [9.17, 15) is 19.7 Å². The maximum atomic E-state index is 12.8. The van der Waals surface area contributed by atoms with E-state index in [0.29, 0.717) is 21.0 Å². The van der Waals surface area contributed by atoms with E-state index in [4.69, 9.17) is 23.8 Å². The van der Waals surface area contributed by atoms with Crippen LogP contribution in [0.15, 0.2) is 87.5 Å². The number of nitrogens with one attached hydrogen (secondary N) is 1. The zero-order chi connectivity index (χ0) is 24.2. The highest BCUT2D eigenvalue weighted by atomic mass is 35.5. The molecule has 1 N–H and O–H groups in total. The number of nitrogens with zero attached hydrogens (tertiary/aromatic N) is 2. The fraction of sp³-hybridized carbons (Fsp3) is 0. The standard InChI is InChI=1S/C23H14ClN3O4S3/c24-16-7-9-17(10-8-16)33-19-11-6-14(12-18(19)27(30)31)13-20-22(29)26(23(32)34-20)25-21(28)15-4-2-1-3-5-15/h1-13H,(H,25,28)/b20-13-. The van der Waals surface area contributed by atoms with Crippen LogP contribution >= 0.6 is 47.3 Å². The Balaban J connectivity index is 1.55. The molecule has 34 heavy (non-hydrogen) atoms. The minimum atomic E-state index is -0.512. The summed E-state index contributed by atoms with van der Waals surface area (Å²) in [4.78, 5) is 37.9. The van der Waals surface area contributed by atoms with E-state index < -0.39 is 16.7 Å². The second kappa shape index (κ2) is 10.4. The predicted molar refractivity (Wildman–Crippen MR) is 138 cm³/mol. The van der Waals surface area contributed by atoms with Crippen molar-refractivity contribution >= 4 is 75.2 Å². The Kier molecular flexibility index (Phi) is 7.32. The molecule has 0 bridgehead atoms. The van der Waals surface area contributed by atoms with Crippen LogP contribution in [0.4, 0.5) is 5.69 Å². The summed E-state index contributed by atoms with van der Waals surface area (Å²) in [5.41, 5.74) is 3.25. The average molecular weight is 528 g/mol. The van der Waals surface area contributed by atoms with Crippen LogP contribution in [0.5, 0.6) is 0 Å². The number of hydrogen-bond acceptors (Lipinski definition) is 7. The normalized spacial score (nSPS) is 14.5. The fourth-order valence-corrected chi connectivity index (χ4v) is 5.16. The van der Waals surface area contributed by atoms with Crippen LogP contribution in [0.2, 0.25) is 5.02 Å². The third kappa shape index (κ3) is 5.48. The molecular formula is C23H14ClN3O4S3. The molecule has 3 aromatic rings. The Morgan fingerprint density at radius 2 is 1.82 bits per heavy atom. The SMILES string of the molecule is O=C(NN1C(=O)/C(=C/c2ccc(Sc3ccc(Cl)cc3)c([N+](=O)[O-])c2)SC1=S)c1ccccc1. The van der Waals surface area contributed by atoms with Crippen molar-refractivity contribution in [1.82, 2.24) is 10.4 Å². The van der Waals surface area contributed by atoms with E-state index in [0.717, 1.165) is 21.7 Å². The summed E-state index contributed by atoms with van der Waals surface area (Å²) in [6.07, 6.45) is 1.51. The summed E-state index contributed by atoms with van der Waals surface area (Å²) in [7, 11) is 0. The number of rotatable bonds is 6. The maximum Gasteiger partial charge on any atom is 0.285 e. The molecule has 1 heterocycles. The average Bonchev–Trinajstić information content (AvgIpc) is 3.09. The van der Waals surface area contributed by atoms with E-state index in [1.165, 1.54) is 23.9 Å². The number of nitro benzene ring substituents is 1. The maximum absolute atomic E-state index is 12.8. The van der Waals surface area contributed by atoms with Crippen molar-refractivity contribution in [3.63, 3.8) is 0 Å². The molecular weight excluding hydrogens is 514 g/mol. The Morgan fingerprint density at radius 3 is 2.50 bits per heavy atom. The van der Waals surface area contributed by atoms with Crippen molar-refractivity contribution < 1.29 is 14.5 Å². The van der Waals surface area contributed by atoms with Crippen molar-refractivity contribution in [1.29, 1.82) is 0 Å². The number of nitro groups is 1. The van der Waals surface area contributed by atoms with Gasteiger partial charge in [0.15, 0.2) is 4.32 Å². The van der Waals surface area contributed by atoms with Crippen LogP contribution < -0.4 is 5.43 Å². The Hall–Kier alpha value is -3.18. The van der Waals surface area contributed by atoms with Crippen molar-refractivity contribution in [3.8, 4) is 0 Å². The highest BCUT2D eigenvalue weighted by molar-refractivity contribution is 8.26. The molecule has 0 spiro atoms. The van der Waals surface area contributed by atoms with Crippen molar-refractivity contribution in [3.05, 3.63) is 104 Å². The van der Waals surface area contributed by atoms with Crippen molar-refractivity contribution in [2.45, 2.75) is 9.79 Å². The highest BCUT2D eigenvalue weighted by Crippen LogP contribution is 2.37. The van der Waals surface area contributed by atoms with Gasteiger partial charge in [0.1, 0.15) is 0 Å². The number of amides is 2. The van der Waals surface area contributed by atoms with Gasteiger partial charge in [-0.05, 0) is 66.3 Å². The third-order valence-electron chi connectivity index (χ3n) is 4.56. The molecule has 2 amide bonds. The van der Waals surface area contributed by atoms with Gasteiger partial charge < -0.3 is 0 Å². The van der Waals surface area contributed by atoms with Crippen LogP contribution in [0.25, 0.3) is 6.08 Å². The van der Waals surface area contributed by atoms with E-state index >= 15 is 0 Å². The molecule has 7 nitrogen and oxygen atoms in total. The molecule has 1 aliphatic heterocycles. The largest absolute Gasteiger partial charge is 0.285 e. The van der Waals surface area contributed by atoms with Gasteiger partial charge in [-0.1, -0.05) is 59.4 Å². The van der Waals surface area contributed by atoms with Crippen molar-refractivity contribution in [2.24, 2.45) is 0 Å². The first-order chi connectivity index (χ1) is 16.3. The lowest BCUT2D eigenvalue weighted by Gasteiger charge is -2.15. The van der Waals surface area contributed by atoms with Crippen molar-refractivity contribution in [2.75, 3.05) is 0 Å². The van der Waals surface area contributed by atoms with Gasteiger partial charge in [0, 0.05) is 21.5 Å². The van der Waals surface area contributed by atoms with Crippen LogP contribution in [0, 0.1) is 10.1 Å². The van der Waals surface area contributed by atoms with Gasteiger partial charge in [0.25, 0.3) is 17.5 Å². The molecule has 1 aliphatic rings. The Bertz CT molecular complexity index is 1330. The Morgan fingerprint density at radius 1 is 1.12 bits per heavy atom. The zero-order valence-corrected chi connectivity index (χ0v) is 20.3. The molecule has 3 aromatic carbocycles. The molecule has 170 valence electrons. The van der Waals surface area contributed by atoms with E-state index in [2.05, 4.69) is 5.43 Å². The van der Waals surface area contributed by atoms with Gasteiger partial charge in [-0.2, -0.15) is 5.01 Å². The topological polar surface area (TPSA) is 92.6 Å². The molecule has 0 unspecified atom stereocenters. The van der Waals surface area contributed by atoms with Crippen LogP contribution in [0.1, 0.15) is 15.9 Å². The quantitative estimate of drug-likeness (QED) is 0.183. The first-order valence-corrected chi connectivity index (χ1v) is 12.1. The predicted octanol–water partition coefficient (Wildman–Crippen LogP) is 5.95. The van der Waals surface area contributed by atoms with Gasteiger partial charge in [-0.25, -0.2) is 0 Å². The first-order valence-electron chi connectivity index (χ1n) is 9.67. The number of thiocarbonyl (C=S) groups is 1. The summed E-state index contributed by atoms with van der Waals surface area (Å²) < 4.78 is 0.157. The summed E-state index contributed by atoms with van der Waals surface area (Å²) in [5.74, 6) is -0.987. The lowest BCUT2D eigenvalue weighted by molar-refractivity contribution is -0.387. The lowest BCUT2D eigenvalue weighted by atomic mass is 10.2. The number of hydrogen-bond donors (Lipinski definition) is 1. The fourth-order valence-electron chi connectivity index (χ4n) is 2.95. The molecule has 0 saturated carbocycles. The van der Waals surface area contributed by atoms with Gasteiger partial charge in [0.2, 0.25) is 0 Å². The second-order valence-corrected chi connectivity index (χ2v) is 10.1. The molecule has 1 fully saturated rings. The smallest absolute Gasteiger partial charge is 0.267 e. The van der Waals surface area contributed by atoms with Crippen LogP contribution in [-0.2, 0) is 4.79 Å². The van der Waals surface area contributed by atoms with E-state index in [-0.39, 0.29) is 14.9 Å². The number of benzene rings is 3. The van der Waals surface area contributed by atoms with Gasteiger partial charge in [-0.15, -0.1) is 0 Å². The minimum Gasteiger partial charge on any atom is -0.267 e. The molecule has 1 saturated heterocycles. The van der Waals surface area contributed by atoms with Crippen LogP contribution in [0.3, 0.4) is 0 Å². The first kappa shape index (κ1) is 24.0. The number of thioether (sulfide) groups is 1. The van der Waals surface area contributed by atoms with Gasteiger partial charge >= 0.3 is 0 Å². The number of carbonyl (C=O) groups excluding carboxylic acids is 2. The molecule has 4 rings (SSSR count). The van der Waals surface area contributed by atoms with Crippen LogP contribution in [-0.4, -0.2) is 26.1 Å². The monoisotopic (exact) mass is 527 g/mol. The van der Waals surface area contributed by atoms with Gasteiger partial charge in [0.05, 0.1) is 14.7 Å². The molecule has 0 atom stereocenters. The highest BCUT2D eigenvalue weighted by Gasteiger charge is 2.34. The number of hydrazine groups is 1. The second-order valence-electron chi connectivity index (χ2n) is 6.86. The molecule has 0 radical (unpaired) electrons. The summed E-state index contributed by atoms with van der Waals surface area (Å²) in [6.45, 7) is 0. The lowest BCUT2D eigenvalue weighted by Crippen LogP contribution is -2.44. The Labute approximate surface area is 213 Å². The molecule has 11 heteroatoms. The van der Waals surface area contributed by atoms with E-state index in [1.807, 2.05) is 0 Å². The number of halogens is 1.